The summed E-state index contributed by atoms with van der Waals surface area (Å²) in [5.41, 5.74) is 1.85. The van der Waals surface area contributed by atoms with Crippen LogP contribution in [0.5, 0.6) is 0 Å². The van der Waals surface area contributed by atoms with Crippen LogP contribution in [0.2, 0.25) is 0 Å². The summed E-state index contributed by atoms with van der Waals surface area (Å²) in [7, 11) is 0. The third-order valence-corrected chi connectivity index (χ3v) is 3.17. The molecule has 23 heavy (non-hydrogen) atoms. The van der Waals surface area contributed by atoms with Crippen molar-refractivity contribution in [2.24, 2.45) is 0 Å². The highest BCUT2D eigenvalue weighted by atomic mass is 19.1. The van der Waals surface area contributed by atoms with Crippen LogP contribution < -0.4 is 10.6 Å². The van der Waals surface area contributed by atoms with Crippen molar-refractivity contribution >= 4 is 23.6 Å². The Kier molecular flexibility index (Phi) is 5.25. The first kappa shape index (κ1) is 16.4. The molecule has 0 fully saturated rings. The Hall–Kier alpha value is -2.95. The summed E-state index contributed by atoms with van der Waals surface area (Å²) < 4.78 is 13.6. The van der Waals surface area contributed by atoms with E-state index in [0.717, 1.165) is 11.1 Å². The number of carbonyl (C=O) groups is 2. The maximum Gasteiger partial charge on any atom is 0.272 e. The molecule has 2 rings (SSSR count). The number of benzene rings is 2. The molecule has 0 aromatic heterocycles. The van der Waals surface area contributed by atoms with Gasteiger partial charge in [0.05, 0.1) is 5.69 Å². The van der Waals surface area contributed by atoms with Crippen molar-refractivity contribution in [3.05, 3.63) is 71.2 Å². The van der Waals surface area contributed by atoms with E-state index in [2.05, 4.69) is 10.6 Å². The molecule has 0 saturated heterocycles. The van der Waals surface area contributed by atoms with Gasteiger partial charge in [-0.2, -0.15) is 0 Å². The quantitative estimate of drug-likeness (QED) is 0.851. The monoisotopic (exact) mass is 312 g/mol. The lowest BCUT2D eigenvalue weighted by Gasteiger charge is -2.11. The van der Waals surface area contributed by atoms with E-state index < -0.39 is 11.7 Å². The van der Waals surface area contributed by atoms with Crippen molar-refractivity contribution in [2.75, 3.05) is 5.32 Å². The molecule has 2 N–H and O–H groups in total. The molecule has 4 nitrogen and oxygen atoms in total. The standard InChI is InChI=1S/C18H17FN2O2/c1-12-7-3-4-8-14(12)11-17(20-13(2)22)18(23)21-16-10-6-5-9-15(16)19/h3-11H,1-2H3,(H,20,22)(H,21,23)/b17-11-. The molecule has 0 bridgehead atoms. The minimum Gasteiger partial charge on any atom is -0.322 e. The SMILES string of the molecule is CC(=O)N/C(=C\c1ccccc1C)C(=O)Nc1ccccc1F. The predicted octanol–water partition coefficient (Wildman–Crippen LogP) is 3.25. The lowest BCUT2D eigenvalue weighted by Crippen LogP contribution is -2.29. The van der Waals surface area contributed by atoms with E-state index in [-0.39, 0.29) is 17.3 Å². The molecule has 0 spiro atoms. The van der Waals surface area contributed by atoms with E-state index in [9.17, 15) is 14.0 Å². The first-order valence-corrected chi connectivity index (χ1v) is 7.08. The van der Waals surface area contributed by atoms with Crippen LogP contribution in [0, 0.1) is 12.7 Å². The molecule has 0 aliphatic heterocycles. The predicted molar refractivity (Wildman–Crippen MR) is 88.0 cm³/mol. The topological polar surface area (TPSA) is 58.2 Å². The molecule has 2 aromatic carbocycles. The van der Waals surface area contributed by atoms with Gasteiger partial charge in [0.25, 0.3) is 5.91 Å². The minimum atomic E-state index is -0.589. The van der Waals surface area contributed by atoms with Crippen LogP contribution in [0.4, 0.5) is 10.1 Å². The summed E-state index contributed by atoms with van der Waals surface area (Å²) in [4.78, 5) is 23.7. The summed E-state index contributed by atoms with van der Waals surface area (Å²) in [6.07, 6.45) is 1.56. The molecule has 0 radical (unpaired) electrons. The van der Waals surface area contributed by atoms with Crippen LogP contribution in [0.15, 0.2) is 54.2 Å². The molecular formula is C18H17FN2O2. The van der Waals surface area contributed by atoms with Crippen LogP contribution >= 0.6 is 0 Å². The highest BCUT2D eigenvalue weighted by Gasteiger charge is 2.13. The Bertz CT molecular complexity index is 769. The van der Waals surface area contributed by atoms with Gasteiger partial charge >= 0.3 is 0 Å². The molecule has 0 saturated carbocycles. The smallest absolute Gasteiger partial charge is 0.272 e. The zero-order chi connectivity index (χ0) is 16.8. The maximum atomic E-state index is 13.6. The second-order valence-electron chi connectivity index (χ2n) is 5.03. The van der Waals surface area contributed by atoms with Crippen molar-refractivity contribution in [3.8, 4) is 0 Å². The van der Waals surface area contributed by atoms with Crippen LogP contribution in [0.25, 0.3) is 6.08 Å². The lowest BCUT2D eigenvalue weighted by atomic mass is 10.1. The van der Waals surface area contributed by atoms with Gasteiger partial charge < -0.3 is 10.6 Å². The average Bonchev–Trinajstić information content (AvgIpc) is 2.50. The summed E-state index contributed by atoms with van der Waals surface area (Å²) in [5, 5.41) is 4.94. The van der Waals surface area contributed by atoms with Gasteiger partial charge in [0.1, 0.15) is 11.5 Å². The summed E-state index contributed by atoms with van der Waals surface area (Å²) in [6.45, 7) is 3.20. The highest BCUT2D eigenvalue weighted by Crippen LogP contribution is 2.15. The number of hydrogen-bond donors (Lipinski definition) is 2. The zero-order valence-electron chi connectivity index (χ0n) is 12.9. The van der Waals surface area contributed by atoms with E-state index in [4.69, 9.17) is 0 Å². The second kappa shape index (κ2) is 7.35. The average molecular weight is 312 g/mol. The molecule has 0 unspecified atom stereocenters. The number of aryl methyl sites for hydroxylation is 1. The molecule has 0 atom stereocenters. The minimum absolute atomic E-state index is 0.0510. The fraction of sp³-hybridized carbons (Fsp3) is 0.111. The number of hydrogen-bond acceptors (Lipinski definition) is 2. The third-order valence-electron chi connectivity index (χ3n) is 3.17. The van der Waals surface area contributed by atoms with E-state index in [0.29, 0.717) is 0 Å². The Morgan fingerprint density at radius 3 is 2.35 bits per heavy atom. The van der Waals surface area contributed by atoms with Gasteiger partial charge in [-0.25, -0.2) is 4.39 Å². The van der Waals surface area contributed by atoms with E-state index in [1.807, 2.05) is 31.2 Å². The van der Waals surface area contributed by atoms with Crippen molar-refractivity contribution in [1.29, 1.82) is 0 Å². The van der Waals surface area contributed by atoms with E-state index in [1.165, 1.54) is 25.1 Å². The number of nitrogens with one attached hydrogen (secondary N) is 2. The Morgan fingerprint density at radius 1 is 1.04 bits per heavy atom. The lowest BCUT2D eigenvalue weighted by molar-refractivity contribution is -0.120. The first-order valence-electron chi connectivity index (χ1n) is 7.08. The van der Waals surface area contributed by atoms with Gasteiger partial charge in [-0.05, 0) is 36.3 Å². The van der Waals surface area contributed by atoms with E-state index in [1.54, 1.807) is 12.1 Å². The van der Waals surface area contributed by atoms with E-state index >= 15 is 0 Å². The summed E-state index contributed by atoms with van der Waals surface area (Å²) in [5.74, 6) is -1.51. The number of carbonyl (C=O) groups excluding carboxylic acids is 2. The van der Waals surface area contributed by atoms with Crippen LogP contribution in [-0.4, -0.2) is 11.8 Å². The van der Waals surface area contributed by atoms with Crippen molar-refractivity contribution in [1.82, 2.24) is 5.32 Å². The normalized spacial score (nSPS) is 11.0. The summed E-state index contributed by atoms with van der Waals surface area (Å²) in [6, 6.07) is 13.3. The van der Waals surface area contributed by atoms with Gasteiger partial charge in [-0.15, -0.1) is 0 Å². The van der Waals surface area contributed by atoms with Gasteiger partial charge in [0.15, 0.2) is 0 Å². The Morgan fingerprint density at radius 2 is 1.70 bits per heavy atom. The number of amides is 2. The maximum absolute atomic E-state index is 13.6. The number of halogens is 1. The van der Waals surface area contributed by atoms with Crippen LogP contribution in [0.3, 0.4) is 0 Å². The number of para-hydroxylation sites is 1. The molecule has 5 heteroatoms. The fourth-order valence-corrected chi connectivity index (χ4v) is 2.00. The van der Waals surface area contributed by atoms with Crippen LogP contribution in [0.1, 0.15) is 18.1 Å². The van der Waals surface area contributed by atoms with Gasteiger partial charge in [-0.3, -0.25) is 9.59 Å². The number of anilines is 1. The van der Waals surface area contributed by atoms with Gasteiger partial charge in [-0.1, -0.05) is 36.4 Å². The fourth-order valence-electron chi connectivity index (χ4n) is 2.00. The van der Waals surface area contributed by atoms with Crippen molar-refractivity contribution in [3.63, 3.8) is 0 Å². The largest absolute Gasteiger partial charge is 0.322 e. The van der Waals surface area contributed by atoms with Crippen molar-refractivity contribution in [2.45, 2.75) is 13.8 Å². The Labute approximate surface area is 134 Å². The molecule has 0 heterocycles. The summed E-state index contributed by atoms with van der Waals surface area (Å²) >= 11 is 0. The van der Waals surface area contributed by atoms with Crippen molar-refractivity contribution < 1.29 is 14.0 Å². The highest BCUT2D eigenvalue weighted by molar-refractivity contribution is 6.08. The number of rotatable bonds is 4. The molecule has 118 valence electrons. The molecule has 0 aliphatic carbocycles. The molecule has 2 amide bonds. The second-order valence-corrected chi connectivity index (χ2v) is 5.03. The van der Waals surface area contributed by atoms with Crippen LogP contribution in [-0.2, 0) is 9.59 Å². The zero-order valence-corrected chi connectivity index (χ0v) is 12.9. The Balaban J connectivity index is 2.31. The molecular weight excluding hydrogens is 295 g/mol. The van der Waals surface area contributed by atoms with Gasteiger partial charge in [0.2, 0.25) is 5.91 Å². The molecule has 2 aromatic rings. The third kappa shape index (κ3) is 4.51. The first-order chi connectivity index (χ1) is 11.0. The molecule has 0 aliphatic rings. The van der Waals surface area contributed by atoms with Gasteiger partial charge in [0, 0.05) is 6.92 Å².